The van der Waals surface area contributed by atoms with Gasteiger partial charge in [0.15, 0.2) is 0 Å². The zero-order chi connectivity index (χ0) is 12.5. The number of nitrogens with zero attached hydrogens (tertiary/aromatic N) is 3. The zero-order valence-electron chi connectivity index (χ0n) is 9.20. The molecule has 6 nitrogen and oxygen atoms in total. The summed E-state index contributed by atoms with van der Waals surface area (Å²) in [5.41, 5.74) is -0.592. The Kier molecular flexibility index (Phi) is 3.19. The first-order valence-electron chi connectivity index (χ1n) is 5.38. The molecule has 0 amide bonds. The first-order valence-corrected chi connectivity index (χ1v) is 6.01. The van der Waals surface area contributed by atoms with Crippen LogP contribution in [0.5, 0.6) is 0 Å². The summed E-state index contributed by atoms with van der Waals surface area (Å²) < 4.78 is 1.33. The van der Waals surface area contributed by atoms with Crippen LogP contribution in [0.3, 0.4) is 0 Å². The third-order valence-corrected chi connectivity index (χ3v) is 3.98. The minimum atomic E-state index is -0.545. The summed E-state index contributed by atoms with van der Waals surface area (Å²) in [6, 6.07) is 0. The zero-order valence-corrected chi connectivity index (χ0v) is 10.1. The number of rotatable bonds is 4. The van der Waals surface area contributed by atoms with Crippen LogP contribution in [-0.4, -0.2) is 20.2 Å². The van der Waals surface area contributed by atoms with Gasteiger partial charge >= 0.3 is 11.4 Å². The van der Waals surface area contributed by atoms with Crippen molar-refractivity contribution in [1.29, 1.82) is 0 Å². The summed E-state index contributed by atoms with van der Waals surface area (Å²) in [6.07, 6.45) is 5.39. The molecule has 2 rings (SSSR count). The van der Waals surface area contributed by atoms with Gasteiger partial charge in [-0.15, -0.1) is 0 Å². The van der Waals surface area contributed by atoms with E-state index in [1.807, 2.05) is 0 Å². The fraction of sp³-hybridized carbons (Fsp3) is 0.600. The second kappa shape index (κ2) is 4.48. The Morgan fingerprint density at radius 1 is 1.59 bits per heavy atom. The maximum Gasteiger partial charge on any atom is 0.347 e. The molecule has 0 N–H and O–H groups in total. The highest BCUT2D eigenvalue weighted by atomic mass is 32.1. The maximum atomic E-state index is 11.5. The van der Waals surface area contributed by atoms with E-state index < -0.39 is 10.6 Å². The van der Waals surface area contributed by atoms with Crippen molar-refractivity contribution in [3.8, 4) is 0 Å². The molecular formula is C10H13N3O3S. The van der Waals surface area contributed by atoms with Gasteiger partial charge in [0.2, 0.25) is 0 Å². The average Bonchev–Trinajstić information content (AvgIpc) is 2.25. The van der Waals surface area contributed by atoms with Gasteiger partial charge in [0.1, 0.15) is 6.20 Å². The lowest BCUT2D eigenvalue weighted by atomic mass is 9.70. The van der Waals surface area contributed by atoms with E-state index in [0.717, 1.165) is 25.5 Å². The number of hydrogen-bond donors (Lipinski definition) is 1. The molecular weight excluding hydrogens is 242 g/mol. The molecule has 1 aromatic heterocycles. The molecule has 1 saturated carbocycles. The van der Waals surface area contributed by atoms with Crippen LogP contribution < -0.4 is 5.69 Å². The predicted molar refractivity (Wildman–Crippen MR) is 65.3 cm³/mol. The molecule has 0 atom stereocenters. The number of aromatic nitrogens is 2. The minimum absolute atomic E-state index is 0.00381. The molecule has 1 heterocycles. The average molecular weight is 255 g/mol. The van der Waals surface area contributed by atoms with E-state index in [0.29, 0.717) is 12.3 Å². The van der Waals surface area contributed by atoms with Crippen LogP contribution in [0.25, 0.3) is 0 Å². The van der Waals surface area contributed by atoms with Crippen molar-refractivity contribution in [3.05, 3.63) is 33.0 Å². The van der Waals surface area contributed by atoms with E-state index in [4.69, 9.17) is 0 Å². The predicted octanol–water partition coefficient (Wildman–Crippen LogP) is 1.25. The van der Waals surface area contributed by atoms with E-state index in [-0.39, 0.29) is 11.1 Å². The summed E-state index contributed by atoms with van der Waals surface area (Å²) >= 11 is 4.29. The fourth-order valence-electron chi connectivity index (χ4n) is 2.06. The summed E-state index contributed by atoms with van der Waals surface area (Å²) in [6.45, 7) is 0.462. The van der Waals surface area contributed by atoms with Crippen molar-refractivity contribution in [3.63, 3.8) is 0 Å². The highest BCUT2D eigenvalue weighted by Gasteiger charge is 2.36. The van der Waals surface area contributed by atoms with Gasteiger partial charge in [0, 0.05) is 6.54 Å². The smallest absolute Gasteiger partial charge is 0.292 e. The summed E-state index contributed by atoms with van der Waals surface area (Å²) in [4.78, 5) is 25.1. The molecule has 0 saturated heterocycles. The normalized spacial score (nSPS) is 17.5. The Balaban J connectivity index is 2.28. The monoisotopic (exact) mass is 255 g/mol. The van der Waals surface area contributed by atoms with Crippen LogP contribution in [0, 0.1) is 15.5 Å². The van der Waals surface area contributed by atoms with Gasteiger partial charge < -0.3 is 0 Å². The Bertz CT molecular complexity index is 490. The Hall–Kier alpha value is -1.37. The molecule has 1 fully saturated rings. The van der Waals surface area contributed by atoms with Crippen molar-refractivity contribution in [1.82, 2.24) is 9.55 Å². The van der Waals surface area contributed by atoms with E-state index >= 15 is 0 Å². The van der Waals surface area contributed by atoms with Gasteiger partial charge in [-0.2, -0.15) is 17.6 Å². The summed E-state index contributed by atoms with van der Waals surface area (Å²) in [5.74, 6) is 0.683. The molecule has 0 radical (unpaired) electrons. The topological polar surface area (TPSA) is 78.0 Å². The Labute approximate surface area is 103 Å². The van der Waals surface area contributed by atoms with E-state index in [1.165, 1.54) is 10.8 Å². The Morgan fingerprint density at radius 3 is 2.76 bits per heavy atom. The molecule has 0 bridgehead atoms. The number of nitro groups is 1. The first kappa shape index (κ1) is 12.1. The molecule has 1 aliphatic rings. The van der Waals surface area contributed by atoms with Crippen LogP contribution in [0.15, 0.2) is 17.2 Å². The van der Waals surface area contributed by atoms with Gasteiger partial charge in [-0.05, 0) is 24.0 Å². The lowest BCUT2D eigenvalue weighted by molar-refractivity contribution is -0.385. The molecule has 0 spiro atoms. The van der Waals surface area contributed by atoms with Crippen molar-refractivity contribution in [2.45, 2.75) is 25.8 Å². The molecule has 17 heavy (non-hydrogen) atoms. The standard InChI is InChI=1S/C10H13N3O3S/c14-9-11-4-8(13(15)16)5-12(9)6-10(7-17)2-1-3-10/h4-5,17H,1-3,6-7H2. The van der Waals surface area contributed by atoms with Crippen molar-refractivity contribution >= 4 is 18.3 Å². The number of thiol groups is 1. The van der Waals surface area contributed by atoms with Gasteiger partial charge in [-0.25, -0.2) is 4.79 Å². The van der Waals surface area contributed by atoms with Crippen LogP contribution in [0.4, 0.5) is 5.69 Å². The molecule has 0 aliphatic heterocycles. The van der Waals surface area contributed by atoms with Gasteiger partial charge in [0.25, 0.3) is 0 Å². The fourth-order valence-corrected chi connectivity index (χ4v) is 2.47. The second-order valence-corrected chi connectivity index (χ2v) is 4.81. The third kappa shape index (κ3) is 2.33. The SMILES string of the molecule is O=c1ncc([N+](=O)[O-])cn1CC1(CS)CCC1. The summed E-state index contributed by atoms with van der Waals surface area (Å²) in [5, 5.41) is 10.6. The lowest BCUT2D eigenvalue weighted by Gasteiger charge is -2.40. The molecule has 1 aliphatic carbocycles. The van der Waals surface area contributed by atoms with Crippen LogP contribution in [0.2, 0.25) is 0 Å². The minimum Gasteiger partial charge on any atom is -0.292 e. The highest BCUT2D eigenvalue weighted by Crippen LogP contribution is 2.42. The second-order valence-electron chi connectivity index (χ2n) is 4.49. The van der Waals surface area contributed by atoms with Crippen LogP contribution in [-0.2, 0) is 6.54 Å². The van der Waals surface area contributed by atoms with Crippen LogP contribution in [0.1, 0.15) is 19.3 Å². The van der Waals surface area contributed by atoms with E-state index in [9.17, 15) is 14.9 Å². The van der Waals surface area contributed by atoms with Crippen LogP contribution >= 0.6 is 12.6 Å². The molecule has 92 valence electrons. The quantitative estimate of drug-likeness (QED) is 0.499. The van der Waals surface area contributed by atoms with Crippen molar-refractivity contribution < 1.29 is 4.92 Å². The third-order valence-electron chi connectivity index (χ3n) is 3.31. The molecule has 1 aromatic rings. The molecule has 7 heteroatoms. The Morgan fingerprint density at radius 2 is 2.29 bits per heavy atom. The largest absolute Gasteiger partial charge is 0.347 e. The van der Waals surface area contributed by atoms with Gasteiger partial charge in [-0.3, -0.25) is 14.7 Å². The summed E-state index contributed by atoms with van der Waals surface area (Å²) in [7, 11) is 0. The number of hydrogen-bond acceptors (Lipinski definition) is 5. The van der Waals surface area contributed by atoms with Gasteiger partial charge in [-0.1, -0.05) is 6.42 Å². The molecule has 0 unspecified atom stereocenters. The lowest BCUT2D eigenvalue weighted by Crippen LogP contribution is -2.39. The highest BCUT2D eigenvalue weighted by molar-refractivity contribution is 7.80. The van der Waals surface area contributed by atoms with Crippen molar-refractivity contribution in [2.24, 2.45) is 5.41 Å². The van der Waals surface area contributed by atoms with Gasteiger partial charge in [0.05, 0.1) is 11.1 Å². The maximum absolute atomic E-state index is 11.5. The first-order chi connectivity index (χ1) is 8.06. The van der Waals surface area contributed by atoms with E-state index in [2.05, 4.69) is 17.6 Å². The molecule has 0 aromatic carbocycles. The van der Waals surface area contributed by atoms with E-state index in [1.54, 1.807) is 0 Å². The van der Waals surface area contributed by atoms with Crippen molar-refractivity contribution in [2.75, 3.05) is 5.75 Å².